The maximum absolute atomic E-state index is 12.6. The third kappa shape index (κ3) is 5.42. The van der Waals surface area contributed by atoms with E-state index in [1.807, 2.05) is 30.3 Å². The van der Waals surface area contributed by atoms with Crippen LogP contribution in [0.1, 0.15) is 21.9 Å². The topological polar surface area (TPSA) is 63.9 Å². The number of carbonyl (C=O) groups excluding carboxylic acids is 1. The molecule has 0 atom stereocenters. The summed E-state index contributed by atoms with van der Waals surface area (Å²) in [4.78, 5) is 14.9. The van der Waals surface area contributed by atoms with Gasteiger partial charge in [-0.05, 0) is 42.0 Å². The van der Waals surface area contributed by atoms with Crippen molar-refractivity contribution in [3.05, 3.63) is 82.8 Å². The number of morpholine rings is 1. The normalized spacial score (nSPS) is 14.4. The Morgan fingerprint density at radius 2 is 1.90 bits per heavy atom. The van der Waals surface area contributed by atoms with Crippen LogP contribution in [-0.4, -0.2) is 37.1 Å². The fourth-order valence-electron chi connectivity index (χ4n) is 3.25. The first-order chi connectivity index (χ1) is 14.7. The average Bonchev–Trinajstić information content (AvgIpc) is 3.23. The van der Waals surface area contributed by atoms with Gasteiger partial charge in [0.15, 0.2) is 5.76 Å². The molecule has 0 radical (unpaired) electrons. The molecule has 0 saturated carbocycles. The molecule has 0 aliphatic carbocycles. The van der Waals surface area contributed by atoms with Crippen LogP contribution in [0, 0.1) is 0 Å². The van der Waals surface area contributed by atoms with E-state index in [1.165, 1.54) is 0 Å². The number of nitrogens with one attached hydrogen (secondary N) is 1. The van der Waals surface area contributed by atoms with Gasteiger partial charge >= 0.3 is 0 Å². The molecular weight excluding hydrogens is 404 g/mol. The predicted octanol–water partition coefficient (Wildman–Crippen LogP) is 4.60. The molecule has 1 aliphatic rings. The third-order valence-corrected chi connectivity index (χ3v) is 5.10. The van der Waals surface area contributed by atoms with Crippen molar-refractivity contribution in [3.8, 4) is 5.75 Å². The molecule has 30 heavy (non-hydrogen) atoms. The van der Waals surface area contributed by atoms with Crippen LogP contribution in [0.3, 0.4) is 0 Å². The van der Waals surface area contributed by atoms with Gasteiger partial charge in [0.2, 0.25) is 0 Å². The van der Waals surface area contributed by atoms with Crippen LogP contribution < -0.4 is 10.1 Å². The molecule has 1 fully saturated rings. The zero-order chi connectivity index (χ0) is 20.8. The molecule has 1 amide bonds. The van der Waals surface area contributed by atoms with Gasteiger partial charge in [-0.25, -0.2) is 0 Å². The van der Waals surface area contributed by atoms with E-state index >= 15 is 0 Å². The van der Waals surface area contributed by atoms with Gasteiger partial charge in [-0.15, -0.1) is 0 Å². The number of carbonyl (C=O) groups is 1. The number of anilines is 1. The van der Waals surface area contributed by atoms with E-state index in [0.29, 0.717) is 16.5 Å². The third-order valence-electron chi connectivity index (χ3n) is 4.79. The number of para-hydroxylation sites is 1. The molecule has 1 N–H and O–H groups in total. The molecule has 7 heteroatoms. The van der Waals surface area contributed by atoms with Crippen molar-refractivity contribution in [2.45, 2.75) is 13.2 Å². The zero-order valence-corrected chi connectivity index (χ0v) is 17.2. The fourth-order valence-corrected chi connectivity index (χ4v) is 3.44. The van der Waals surface area contributed by atoms with Crippen LogP contribution in [0.15, 0.2) is 65.1 Å². The van der Waals surface area contributed by atoms with E-state index in [2.05, 4.69) is 16.3 Å². The monoisotopic (exact) mass is 426 g/mol. The highest BCUT2D eigenvalue weighted by Gasteiger charge is 2.14. The lowest BCUT2D eigenvalue weighted by atomic mass is 10.2. The van der Waals surface area contributed by atoms with Crippen molar-refractivity contribution in [2.75, 3.05) is 31.6 Å². The van der Waals surface area contributed by atoms with E-state index in [9.17, 15) is 4.79 Å². The minimum Gasteiger partial charge on any atom is -0.484 e. The number of ether oxygens (including phenoxy) is 2. The Labute approximate surface area is 180 Å². The van der Waals surface area contributed by atoms with E-state index in [-0.39, 0.29) is 18.3 Å². The van der Waals surface area contributed by atoms with Gasteiger partial charge in [-0.2, -0.15) is 0 Å². The lowest BCUT2D eigenvalue weighted by Crippen LogP contribution is -2.35. The number of benzene rings is 2. The Bertz CT molecular complexity index is 998. The highest BCUT2D eigenvalue weighted by molar-refractivity contribution is 6.32. The maximum atomic E-state index is 12.6. The van der Waals surface area contributed by atoms with Crippen LogP contribution in [-0.2, 0) is 17.9 Å². The zero-order valence-electron chi connectivity index (χ0n) is 16.5. The standard InChI is InChI=1S/C23H23ClN2O4/c24-20-6-1-2-7-21(20)29-16-19-8-9-22(30-19)23(27)25-18-5-3-4-17(14-18)15-26-10-12-28-13-11-26/h1-9,14H,10-13,15-16H2,(H,25,27). The number of nitrogens with zero attached hydrogens (tertiary/aromatic N) is 1. The first-order valence-corrected chi connectivity index (χ1v) is 10.2. The summed E-state index contributed by atoms with van der Waals surface area (Å²) in [6.07, 6.45) is 0. The Hall–Kier alpha value is -2.80. The number of amides is 1. The molecule has 2 aromatic carbocycles. The molecule has 0 unspecified atom stereocenters. The van der Waals surface area contributed by atoms with Crippen molar-refractivity contribution >= 4 is 23.2 Å². The first-order valence-electron chi connectivity index (χ1n) is 9.84. The average molecular weight is 427 g/mol. The molecule has 0 spiro atoms. The fraction of sp³-hybridized carbons (Fsp3) is 0.261. The Kier molecular flexibility index (Phi) is 6.69. The highest BCUT2D eigenvalue weighted by atomic mass is 35.5. The predicted molar refractivity (Wildman–Crippen MR) is 115 cm³/mol. The molecule has 1 saturated heterocycles. The van der Waals surface area contributed by atoms with Gasteiger partial charge in [0.1, 0.15) is 18.1 Å². The smallest absolute Gasteiger partial charge is 0.291 e. The van der Waals surface area contributed by atoms with Crippen LogP contribution >= 0.6 is 11.6 Å². The molecule has 1 aromatic heterocycles. The molecule has 1 aliphatic heterocycles. The number of furan rings is 1. The Morgan fingerprint density at radius 1 is 1.07 bits per heavy atom. The van der Waals surface area contributed by atoms with Gasteiger partial charge < -0.3 is 19.2 Å². The molecule has 2 heterocycles. The van der Waals surface area contributed by atoms with E-state index in [0.717, 1.165) is 44.1 Å². The summed E-state index contributed by atoms with van der Waals surface area (Å²) in [5, 5.41) is 3.42. The van der Waals surface area contributed by atoms with Crippen molar-refractivity contribution in [2.24, 2.45) is 0 Å². The highest BCUT2D eigenvalue weighted by Crippen LogP contribution is 2.24. The second-order valence-corrected chi connectivity index (χ2v) is 7.44. The van der Waals surface area contributed by atoms with Gasteiger partial charge in [-0.1, -0.05) is 35.9 Å². The number of halogens is 1. The second-order valence-electron chi connectivity index (χ2n) is 7.03. The van der Waals surface area contributed by atoms with E-state index < -0.39 is 0 Å². The van der Waals surface area contributed by atoms with Gasteiger partial charge in [0, 0.05) is 25.3 Å². The minimum atomic E-state index is -0.303. The summed E-state index contributed by atoms with van der Waals surface area (Å²) in [5.74, 6) is 1.04. The van der Waals surface area contributed by atoms with Crippen LogP contribution in [0.25, 0.3) is 0 Å². The number of rotatable bonds is 7. The van der Waals surface area contributed by atoms with E-state index in [4.69, 9.17) is 25.5 Å². The second kappa shape index (κ2) is 9.80. The summed E-state index contributed by atoms with van der Waals surface area (Å²) in [6.45, 7) is 4.38. The Morgan fingerprint density at radius 3 is 2.73 bits per heavy atom. The van der Waals surface area contributed by atoms with Gasteiger partial charge in [-0.3, -0.25) is 9.69 Å². The van der Waals surface area contributed by atoms with Crippen molar-refractivity contribution in [1.82, 2.24) is 4.90 Å². The molecule has 3 aromatic rings. The molecule has 6 nitrogen and oxygen atoms in total. The summed E-state index contributed by atoms with van der Waals surface area (Å²) >= 11 is 6.08. The summed E-state index contributed by atoms with van der Waals surface area (Å²) in [7, 11) is 0. The minimum absolute atomic E-state index is 0.187. The Balaban J connectivity index is 1.34. The van der Waals surface area contributed by atoms with Gasteiger partial charge in [0.25, 0.3) is 5.91 Å². The summed E-state index contributed by atoms with van der Waals surface area (Å²) < 4.78 is 16.7. The molecule has 156 valence electrons. The lowest BCUT2D eigenvalue weighted by molar-refractivity contribution is 0.0342. The SMILES string of the molecule is O=C(Nc1cccc(CN2CCOCC2)c1)c1ccc(COc2ccccc2Cl)o1. The summed E-state index contributed by atoms with van der Waals surface area (Å²) in [6, 6.07) is 18.4. The largest absolute Gasteiger partial charge is 0.484 e. The van der Waals surface area contributed by atoms with Gasteiger partial charge in [0.05, 0.1) is 18.2 Å². The first kappa shape index (κ1) is 20.5. The van der Waals surface area contributed by atoms with Crippen molar-refractivity contribution in [1.29, 1.82) is 0 Å². The number of hydrogen-bond donors (Lipinski definition) is 1. The quantitative estimate of drug-likeness (QED) is 0.598. The van der Waals surface area contributed by atoms with E-state index in [1.54, 1.807) is 24.3 Å². The molecule has 0 bridgehead atoms. The summed E-state index contributed by atoms with van der Waals surface area (Å²) in [5.41, 5.74) is 1.87. The van der Waals surface area contributed by atoms with Crippen LogP contribution in [0.2, 0.25) is 5.02 Å². The number of hydrogen-bond acceptors (Lipinski definition) is 5. The molecule has 4 rings (SSSR count). The van der Waals surface area contributed by atoms with Crippen molar-refractivity contribution in [3.63, 3.8) is 0 Å². The van der Waals surface area contributed by atoms with Crippen LogP contribution in [0.5, 0.6) is 5.75 Å². The maximum Gasteiger partial charge on any atom is 0.291 e. The van der Waals surface area contributed by atoms with Crippen molar-refractivity contribution < 1.29 is 18.7 Å². The lowest BCUT2D eigenvalue weighted by Gasteiger charge is -2.26. The molecular formula is C23H23ClN2O4. The van der Waals surface area contributed by atoms with Crippen LogP contribution in [0.4, 0.5) is 5.69 Å².